The summed E-state index contributed by atoms with van der Waals surface area (Å²) in [6, 6.07) is 14.7. The Bertz CT molecular complexity index is 884. The number of amides is 1. The maximum absolute atomic E-state index is 12.1. The molecule has 25 heavy (non-hydrogen) atoms. The molecular weight excluding hydrogens is 379 g/mol. The molecule has 0 saturated carbocycles. The van der Waals surface area contributed by atoms with E-state index in [1.54, 1.807) is 23.0 Å². The third-order valence-corrected chi connectivity index (χ3v) is 4.73. The molecule has 0 aliphatic carbocycles. The fraction of sp³-hybridized carbons (Fsp3) is 0.118. The van der Waals surface area contributed by atoms with Crippen LogP contribution in [0.4, 0.5) is 0 Å². The standard InChI is InChI=1S/C17H14Cl2N4OS/c18-13-4-1-3-12(7-13)9-20-16(24)10-25-17-22-21-11-23(17)15-6-2-5-14(19)8-15/h1-8,11H,9-10H2,(H,20,24). The summed E-state index contributed by atoms with van der Waals surface area (Å²) in [5.74, 6) is 0.144. The molecule has 0 spiro atoms. The Balaban J connectivity index is 1.57. The first kappa shape index (κ1) is 17.8. The second-order valence-electron chi connectivity index (χ2n) is 5.16. The van der Waals surface area contributed by atoms with Crippen molar-refractivity contribution in [2.45, 2.75) is 11.7 Å². The number of thioether (sulfide) groups is 1. The van der Waals surface area contributed by atoms with E-state index < -0.39 is 0 Å². The number of halogens is 2. The van der Waals surface area contributed by atoms with E-state index in [9.17, 15) is 4.79 Å². The first-order valence-corrected chi connectivity index (χ1v) is 9.16. The van der Waals surface area contributed by atoms with Gasteiger partial charge in [-0.3, -0.25) is 9.36 Å². The van der Waals surface area contributed by atoms with Gasteiger partial charge in [0, 0.05) is 16.6 Å². The zero-order chi connectivity index (χ0) is 17.6. The monoisotopic (exact) mass is 392 g/mol. The Kier molecular flexibility index (Phi) is 5.96. The number of aromatic nitrogens is 3. The Morgan fingerprint density at radius 3 is 2.64 bits per heavy atom. The molecule has 1 aromatic heterocycles. The molecule has 0 fully saturated rings. The molecule has 0 unspecified atom stereocenters. The Labute approximate surface area is 159 Å². The molecular formula is C17H14Cl2N4OS. The summed E-state index contributed by atoms with van der Waals surface area (Å²) in [4.78, 5) is 12.1. The number of hydrogen-bond donors (Lipinski definition) is 1. The Morgan fingerprint density at radius 1 is 1.12 bits per heavy atom. The summed E-state index contributed by atoms with van der Waals surface area (Å²) < 4.78 is 1.79. The van der Waals surface area contributed by atoms with Gasteiger partial charge in [0.2, 0.25) is 5.91 Å². The molecule has 5 nitrogen and oxygen atoms in total. The highest BCUT2D eigenvalue weighted by Crippen LogP contribution is 2.21. The van der Waals surface area contributed by atoms with Gasteiger partial charge in [0.25, 0.3) is 0 Å². The van der Waals surface area contributed by atoms with Gasteiger partial charge >= 0.3 is 0 Å². The van der Waals surface area contributed by atoms with Crippen molar-refractivity contribution in [1.29, 1.82) is 0 Å². The Hall–Kier alpha value is -2.02. The van der Waals surface area contributed by atoms with Gasteiger partial charge < -0.3 is 5.32 Å². The predicted octanol–water partition coefficient (Wildman–Crippen LogP) is 3.98. The van der Waals surface area contributed by atoms with Crippen molar-refractivity contribution in [3.8, 4) is 5.69 Å². The van der Waals surface area contributed by atoms with Gasteiger partial charge in [0.15, 0.2) is 5.16 Å². The summed E-state index contributed by atoms with van der Waals surface area (Å²) >= 11 is 13.3. The van der Waals surface area contributed by atoms with E-state index in [1.807, 2.05) is 36.4 Å². The van der Waals surface area contributed by atoms with Crippen LogP contribution in [0.2, 0.25) is 10.0 Å². The second kappa shape index (κ2) is 8.38. The molecule has 0 aliphatic rings. The number of carbonyl (C=O) groups is 1. The van der Waals surface area contributed by atoms with Crippen LogP contribution in [-0.2, 0) is 11.3 Å². The van der Waals surface area contributed by atoms with Crippen molar-refractivity contribution in [2.75, 3.05) is 5.75 Å². The summed E-state index contributed by atoms with van der Waals surface area (Å²) in [5, 5.41) is 12.7. The van der Waals surface area contributed by atoms with E-state index in [-0.39, 0.29) is 11.7 Å². The van der Waals surface area contributed by atoms with Crippen molar-refractivity contribution in [1.82, 2.24) is 20.1 Å². The van der Waals surface area contributed by atoms with Crippen LogP contribution in [0.25, 0.3) is 5.69 Å². The second-order valence-corrected chi connectivity index (χ2v) is 6.97. The number of nitrogens with zero attached hydrogens (tertiary/aromatic N) is 3. The van der Waals surface area contributed by atoms with E-state index in [0.29, 0.717) is 21.7 Å². The first-order chi connectivity index (χ1) is 12.1. The lowest BCUT2D eigenvalue weighted by molar-refractivity contribution is -0.118. The zero-order valence-corrected chi connectivity index (χ0v) is 15.4. The normalized spacial score (nSPS) is 10.6. The highest BCUT2D eigenvalue weighted by molar-refractivity contribution is 7.99. The molecule has 0 bridgehead atoms. The molecule has 1 amide bonds. The van der Waals surface area contributed by atoms with Crippen molar-refractivity contribution in [3.63, 3.8) is 0 Å². The van der Waals surface area contributed by atoms with Crippen LogP contribution in [-0.4, -0.2) is 26.4 Å². The van der Waals surface area contributed by atoms with Gasteiger partial charge in [-0.1, -0.05) is 53.2 Å². The minimum atomic E-state index is -0.0920. The molecule has 3 rings (SSSR count). The molecule has 8 heteroatoms. The van der Waals surface area contributed by atoms with Crippen LogP contribution in [0.3, 0.4) is 0 Å². The largest absolute Gasteiger partial charge is 0.351 e. The van der Waals surface area contributed by atoms with Crippen LogP contribution in [0.1, 0.15) is 5.56 Å². The fourth-order valence-electron chi connectivity index (χ4n) is 2.15. The number of carbonyl (C=O) groups excluding carboxylic acids is 1. The minimum absolute atomic E-state index is 0.0920. The summed E-state index contributed by atoms with van der Waals surface area (Å²) in [7, 11) is 0. The molecule has 0 aliphatic heterocycles. The van der Waals surface area contributed by atoms with E-state index in [0.717, 1.165) is 11.3 Å². The predicted molar refractivity (Wildman–Crippen MR) is 100 cm³/mol. The van der Waals surface area contributed by atoms with Crippen LogP contribution in [0, 0.1) is 0 Å². The summed E-state index contributed by atoms with van der Waals surface area (Å²) in [5.41, 5.74) is 1.80. The molecule has 1 heterocycles. The molecule has 1 N–H and O–H groups in total. The van der Waals surface area contributed by atoms with E-state index in [4.69, 9.17) is 23.2 Å². The lowest BCUT2D eigenvalue weighted by Gasteiger charge is -2.07. The maximum Gasteiger partial charge on any atom is 0.230 e. The van der Waals surface area contributed by atoms with Gasteiger partial charge in [0.1, 0.15) is 6.33 Å². The van der Waals surface area contributed by atoms with Gasteiger partial charge in [-0.25, -0.2) is 0 Å². The van der Waals surface area contributed by atoms with Crippen LogP contribution in [0.5, 0.6) is 0 Å². The first-order valence-electron chi connectivity index (χ1n) is 7.42. The highest BCUT2D eigenvalue weighted by atomic mass is 35.5. The number of rotatable bonds is 6. The molecule has 2 aromatic carbocycles. The lowest BCUT2D eigenvalue weighted by atomic mass is 10.2. The van der Waals surface area contributed by atoms with Gasteiger partial charge in [-0.05, 0) is 35.9 Å². The average molecular weight is 393 g/mol. The molecule has 3 aromatic rings. The topological polar surface area (TPSA) is 59.8 Å². The number of hydrogen-bond acceptors (Lipinski definition) is 4. The van der Waals surface area contributed by atoms with E-state index >= 15 is 0 Å². The highest BCUT2D eigenvalue weighted by Gasteiger charge is 2.10. The van der Waals surface area contributed by atoms with E-state index in [1.165, 1.54) is 11.8 Å². The van der Waals surface area contributed by atoms with Crippen molar-refractivity contribution >= 4 is 40.9 Å². The third kappa shape index (κ3) is 4.98. The van der Waals surface area contributed by atoms with Crippen LogP contribution >= 0.6 is 35.0 Å². The quantitative estimate of drug-likeness (QED) is 0.644. The van der Waals surface area contributed by atoms with Gasteiger partial charge in [-0.15, -0.1) is 10.2 Å². The van der Waals surface area contributed by atoms with Gasteiger partial charge in [-0.2, -0.15) is 0 Å². The number of benzene rings is 2. The fourth-order valence-corrected chi connectivity index (χ4v) is 3.31. The summed E-state index contributed by atoms with van der Waals surface area (Å²) in [6.45, 7) is 0.431. The van der Waals surface area contributed by atoms with Crippen molar-refractivity contribution in [3.05, 3.63) is 70.5 Å². The smallest absolute Gasteiger partial charge is 0.230 e. The molecule has 0 atom stereocenters. The third-order valence-electron chi connectivity index (χ3n) is 3.31. The van der Waals surface area contributed by atoms with Crippen LogP contribution in [0.15, 0.2) is 60.0 Å². The zero-order valence-electron chi connectivity index (χ0n) is 13.0. The minimum Gasteiger partial charge on any atom is -0.351 e. The Morgan fingerprint density at radius 2 is 1.88 bits per heavy atom. The SMILES string of the molecule is O=C(CSc1nncn1-c1cccc(Cl)c1)NCc1cccc(Cl)c1. The van der Waals surface area contributed by atoms with Crippen molar-refractivity contribution < 1.29 is 4.79 Å². The maximum atomic E-state index is 12.1. The van der Waals surface area contributed by atoms with E-state index in [2.05, 4.69) is 15.5 Å². The lowest BCUT2D eigenvalue weighted by Crippen LogP contribution is -2.24. The molecule has 0 saturated heterocycles. The number of nitrogens with one attached hydrogen (secondary N) is 1. The van der Waals surface area contributed by atoms with Crippen molar-refractivity contribution in [2.24, 2.45) is 0 Å². The molecule has 128 valence electrons. The summed E-state index contributed by atoms with van der Waals surface area (Å²) in [6.07, 6.45) is 1.60. The van der Waals surface area contributed by atoms with Gasteiger partial charge in [0.05, 0.1) is 11.4 Å². The van der Waals surface area contributed by atoms with Crippen LogP contribution < -0.4 is 5.32 Å². The molecule has 0 radical (unpaired) electrons. The average Bonchev–Trinajstić information content (AvgIpc) is 3.07.